The van der Waals surface area contributed by atoms with Crippen LogP contribution in [-0.2, 0) is 17.8 Å². The maximum absolute atomic E-state index is 13.2. The molecule has 0 aliphatic rings. The van der Waals surface area contributed by atoms with Gasteiger partial charge in [0.15, 0.2) is 11.8 Å². The number of nitrogens with zero attached hydrogens (tertiary/aromatic N) is 5. The van der Waals surface area contributed by atoms with Crippen molar-refractivity contribution in [3.05, 3.63) is 102 Å². The van der Waals surface area contributed by atoms with Gasteiger partial charge in [-0.2, -0.15) is 10.3 Å². The second-order valence-electron chi connectivity index (χ2n) is 9.49. The van der Waals surface area contributed by atoms with Gasteiger partial charge in [0, 0.05) is 11.6 Å². The normalized spacial score (nSPS) is 12.4. The molecule has 0 saturated carbocycles. The molecule has 1 amide bonds. The van der Waals surface area contributed by atoms with Gasteiger partial charge >= 0.3 is 5.97 Å². The number of tetrazole rings is 1. The molecule has 42 heavy (non-hydrogen) atoms. The number of aromatic amines is 1. The summed E-state index contributed by atoms with van der Waals surface area (Å²) < 4.78 is 7.30. The summed E-state index contributed by atoms with van der Waals surface area (Å²) in [6.45, 7) is 2.50. The summed E-state index contributed by atoms with van der Waals surface area (Å²) in [7, 11) is 0. The second kappa shape index (κ2) is 12.9. The lowest BCUT2D eigenvalue weighted by Gasteiger charge is -2.21. The lowest BCUT2D eigenvalue weighted by Crippen LogP contribution is -2.48. The first kappa shape index (κ1) is 28.2. The van der Waals surface area contributed by atoms with Crippen molar-refractivity contribution in [1.82, 2.24) is 35.7 Å². The van der Waals surface area contributed by atoms with Crippen molar-refractivity contribution in [3.8, 4) is 28.4 Å². The molecule has 5 aromatic rings. The number of carboxylic acid groups (broad SMARTS) is 1. The van der Waals surface area contributed by atoms with Crippen LogP contribution in [0.4, 0.5) is 0 Å². The monoisotopic (exact) mass is 567 g/mol. The minimum atomic E-state index is -1.80. The van der Waals surface area contributed by atoms with Gasteiger partial charge in [0.2, 0.25) is 11.7 Å². The standard InChI is InChI=1S/C30H29N7O5/c1-2-42-26-17-25(29(39)31-24(27(38)30(40)41)16-19-8-4-3-5-9-19)34-37(26)18-20-12-14-21(15-13-20)22-10-6-7-11-23(22)28-32-35-36-33-28/h3-15,17,24,27,38H,2,16,18H2,1H3,(H,31,39)(H,40,41)(H,32,33,35,36). The Bertz CT molecular complexity index is 1640. The number of aromatic nitrogens is 6. The van der Waals surface area contributed by atoms with Crippen LogP contribution in [0.1, 0.15) is 28.5 Å². The number of hydrogen-bond donors (Lipinski definition) is 4. The van der Waals surface area contributed by atoms with Crippen molar-refractivity contribution in [2.75, 3.05) is 6.61 Å². The molecule has 0 bridgehead atoms. The van der Waals surface area contributed by atoms with Gasteiger partial charge in [0.05, 0.1) is 19.2 Å². The number of carboxylic acids is 1. The Kier molecular flexibility index (Phi) is 8.64. The number of aliphatic carboxylic acids is 1. The zero-order chi connectivity index (χ0) is 29.5. The topological polar surface area (TPSA) is 168 Å². The van der Waals surface area contributed by atoms with Gasteiger partial charge < -0.3 is 20.3 Å². The number of hydrogen-bond acceptors (Lipinski definition) is 8. The Hall–Kier alpha value is -5.36. The first-order valence-electron chi connectivity index (χ1n) is 13.3. The molecule has 0 aliphatic heterocycles. The summed E-state index contributed by atoms with van der Waals surface area (Å²) >= 11 is 0. The lowest BCUT2D eigenvalue weighted by molar-refractivity contribution is -0.148. The molecule has 3 aromatic carbocycles. The minimum absolute atomic E-state index is 0.0414. The molecule has 2 heterocycles. The molecule has 2 atom stereocenters. The van der Waals surface area contributed by atoms with Crippen molar-refractivity contribution >= 4 is 11.9 Å². The Morgan fingerprint density at radius 3 is 2.36 bits per heavy atom. The number of ether oxygens (including phenoxy) is 1. The molecule has 2 unspecified atom stereocenters. The van der Waals surface area contributed by atoms with Gasteiger partial charge in [-0.3, -0.25) is 4.79 Å². The van der Waals surface area contributed by atoms with E-state index >= 15 is 0 Å². The number of benzene rings is 3. The van der Waals surface area contributed by atoms with E-state index in [1.54, 1.807) is 28.9 Å². The average Bonchev–Trinajstić information content (AvgIpc) is 3.68. The third-order valence-corrected chi connectivity index (χ3v) is 6.63. The van der Waals surface area contributed by atoms with Gasteiger partial charge in [-0.1, -0.05) is 78.9 Å². The zero-order valence-electron chi connectivity index (χ0n) is 22.7. The second-order valence-corrected chi connectivity index (χ2v) is 9.49. The molecule has 2 aromatic heterocycles. The van der Waals surface area contributed by atoms with E-state index in [-0.39, 0.29) is 12.1 Å². The third kappa shape index (κ3) is 6.50. The minimum Gasteiger partial charge on any atom is -0.479 e. The van der Waals surface area contributed by atoms with E-state index < -0.39 is 24.0 Å². The maximum atomic E-state index is 13.2. The van der Waals surface area contributed by atoms with E-state index in [0.29, 0.717) is 24.9 Å². The van der Waals surface area contributed by atoms with E-state index in [2.05, 4.69) is 31.0 Å². The molecule has 5 rings (SSSR count). The van der Waals surface area contributed by atoms with Crippen LogP contribution < -0.4 is 10.1 Å². The Morgan fingerprint density at radius 2 is 1.69 bits per heavy atom. The fourth-order valence-electron chi connectivity index (χ4n) is 4.58. The molecule has 12 heteroatoms. The molecular formula is C30H29N7O5. The molecule has 0 spiro atoms. The largest absolute Gasteiger partial charge is 0.479 e. The summed E-state index contributed by atoms with van der Waals surface area (Å²) in [5, 5.41) is 41.1. The first-order valence-corrected chi connectivity index (χ1v) is 13.3. The number of amides is 1. The van der Waals surface area contributed by atoms with Crippen molar-refractivity contribution in [2.45, 2.75) is 32.0 Å². The number of rotatable bonds is 12. The van der Waals surface area contributed by atoms with Crippen molar-refractivity contribution < 1.29 is 24.5 Å². The number of aliphatic hydroxyl groups excluding tert-OH is 1. The fourth-order valence-corrected chi connectivity index (χ4v) is 4.58. The number of aliphatic hydroxyl groups is 1. The van der Waals surface area contributed by atoms with Gasteiger partial charge in [0.1, 0.15) is 0 Å². The van der Waals surface area contributed by atoms with E-state index in [1.807, 2.05) is 61.5 Å². The van der Waals surface area contributed by atoms with Gasteiger partial charge in [-0.25, -0.2) is 9.48 Å². The Morgan fingerprint density at radius 1 is 0.976 bits per heavy atom. The maximum Gasteiger partial charge on any atom is 0.334 e. The number of nitrogens with one attached hydrogen (secondary N) is 2. The molecule has 12 nitrogen and oxygen atoms in total. The molecule has 0 aliphatic carbocycles. The molecule has 4 N–H and O–H groups in total. The fraction of sp³-hybridized carbons (Fsp3) is 0.200. The molecule has 0 fully saturated rings. The molecule has 214 valence electrons. The Labute approximate surface area is 241 Å². The smallest absolute Gasteiger partial charge is 0.334 e. The Balaban J connectivity index is 1.34. The molecular weight excluding hydrogens is 538 g/mol. The summed E-state index contributed by atoms with van der Waals surface area (Å²) in [5.41, 5.74) is 4.49. The highest BCUT2D eigenvalue weighted by molar-refractivity contribution is 5.93. The van der Waals surface area contributed by atoms with Crippen LogP contribution in [0.5, 0.6) is 5.88 Å². The van der Waals surface area contributed by atoms with Crippen LogP contribution in [-0.4, -0.2) is 71.2 Å². The van der Waals surface area contributed by atoms with E-state index in [4.69, 9.17) is 4.74 Å². The summed E-state index contributed by atoms with van der Waals surface area (Å²) in [4.78, 5) is 24.7. The van der Waals surface area contributed by atoms with Crippen LogP contribution in [0.25, 0.3) is 22.5 Å². The van der Waals surface area contributed by atoms with E-state index in [0.717, 1.165) is 27.8 Å². The van der Waals surface area contributed by atoms with Crippen molar-refractivity contribution in [3.63, 3.8) is 0 Å². The highest BCUT2D eigenvalue weighted by Gasteiger charge is 2.29. The van der Waals surface area contributed by atoms with Crippen molar-refractivity contribution in [2.24, 2.45) is 0 Å². The van der Waals surface area contributed by atoms with Crippen LogP contribution in [0, 0.1) is 0 Å². The predicted octanol–water partition coefficient (Wildman–Crippen LogP) is 2.96. The first-order chi connectivity index (χ1) is 20.4. The quantitative estimate of drug-likeness (QED) is 0.177. The van der Waals surface area contributed by atoms with Gasteiger partial charge in [0.25, 0.3) is 5.91 Å². The zero-order valence-corrected chi connectivity index (χ0v) is 22.7. The summed E-state index contributed by atoms with van der Waals surface area (Å²) in [6.07, 6.45) is -1.67. The summed E-state index contributed by atoms with van der Waals surface area (Å²) in [5.74, 6) is -1.17. The van der Waals surface area contributed by atoms with Crippen LogP contribution in [0.3, 0.4) is 0 Å². The number of carbonyl (C=O) groups is 2. The van der Waals surface area contributed by atoms with Crippen LogP contribution in [0.2, 0.25) is 0 Å². The van der Waals surface area contributed by atoms with E-state index in [9.17, 15) is 19.8 Å². The molecule has 0 saturated heterocycles. The van der Waals surface area contributed by atoms with Gasteiger partial charge in [-0.05, 0) is 40.8 Å². The van der Waals surface area contributed by atoms with Gasteiger partial charge in [-0.15, -0.1) is 10.2 Å². The third-order valence-electron chi connectivity index (χ3n) is 6.63. The predicted molar refractivity (Wildman–Crippen MR) is 153 cm³/mol. The average molecular weight is 568 g/mol. The summed E-state index contributed by atoms with van der Waals surface area (Å²) in [6, 6.07) is 25.1. The highest BCUT2D eigenvalue weighted by Crippen LogP contribution is 2.30. The van der Waals surface area contributed by atoms with Crippen LogP contribution in [0.15, 0.2) is 84.9 Å². The SMILES string of the molecule is CCOc1cc(C(=O)NC(Cc2ccccc2)C(O)C(=O)O)nn1Cc1ccc(-c2ccccc2-c2nn[nH]n2)cc1. The molecule has 0 radical (unpaired) electrons. The number of H-pyrrole nitrogens is 1. The van der Waals surface area contributed by atoms with E-state index in [1.165, 1.54) is 6.07 Å². The van der Waals surface area contributed by atoms with Crippen LogP contribution >= 0.6 is 0 Å². The highest BCUT2D eigenvalue weighted by atomic mass is 16.5. The lowest BCUT2D eigenvalue weighted by atomic mass is 9.98. The number of carbonyl (C=O) groups excluding carboxylic acids is 1. The van der Waals surface area contributed by atoms with Crippen molar-refractivity contribution in [1.29, 1.82) is 0 Å².